The summed E-state index contributed by atoms with van der Waals surface area (Å²) in [5, 5.41) is 9.76. The summed E-state index contributed by atoms with van der Waals surface area (Å²) in [6, 6.07) is 0. The monoisotopic (exact) mass is 109 g/mol. The highest BCUT2D eigenvalue weighted by Crippen LogP contribution is 1.92. The Labute approximate surface area is 49.7 Å². The lowest BCUT2D eigenvalue weighted by Gasteiger charge is -1.80. The molecule has 0 fully saturated rings. The zero-order chi connectivity index (χ0) is 6.41. The SMILES string of the molecule is C=C/C=C(C)/C=C/[O]. The molecule has 0 amide bonds. The van der Waals surface area contributed by atoms with Crippen LogP contribution in [0.4, 0.5) is 0 Å². The van der Waals surface area contributed by atoms with E-state index >= 15 is 0 Å². The van der Waals surface area contributed by atoms with Gasteiger partial charge in [0.2, 0.25) is 0 Å². The van der Waals surface area contributed by atoms with Crippen molar-refractivity contribution in [2.24, 2.45) is 0 Å². The van der Waals surface area contributed by atoms with Gasteiger partial charge in [-0.05, 0) is 18.6 Å². The Hall–Kier alpha value is -0.980. The fourth-order valence-electron chi connectivity index (χ4n) is 0.349. The Bertz CT molecular complexity index is 120. The Balaban J connectivity index is 3.79. The van der Waals surface area contributed by atoms with E-state index in [1.54, 1.807) is 12.2 Å². The molecule has 0 saturated carbocycles. The van der Waals surface area contributed by atoms with Crippen molar-refractivity contribution >= 4 is 0 Å². The molecule has 0 unspecified atom stereocenters. The van der Waals surface area contributed by atoms with Crippen molar-refractivity contribution in [3.05, 3.63) is 36.6 Å². The predicted molar refractivity (Wildman–Crippen MR) is 33.8 cm³/mol. The molecule has 0 aromatic rings. The van der Waals surface area contributed by atoms with E-state index in [-0.39, 0.29) is 0 Å². The van der Waals surface area contributed by atoms with Crippen molar-refractivity contribution in [1.29, 1.82) is 0 Å². The second kappa shape index (κ2) is 4.19. The summed E-state index contributed by atoms with van der Waals surface area (Å²) in [5.74, 6) is 0. The van der Waals surface area contributed by atoms with Crippen molar-refractivity contribution in [2.45, 2.75) is 6.92 Å². The average molecular weight is 109 g/mol. The highest BCUT2D eigenvalue weighted by Gasteiger charge is 1.73. The molecule has 8 heavy (non-hydrogen) atoms. The fourth-order valence-corrected chi connectivity index (χ4v) is 0.349. The van der Waals surface area contributed by atoms with Crippen LogP contribution in [0.5, 0.6) is 0 Å². The molecule has 0 heterocycles. The molecule has 0 aliphatic carbocycles. The van der Waals surface area contributed by atoms with Gasteiger partial charge in [-0.1, -0.05) is 18.7 Å². The van der Waals surface area contributed by atoms with Gasteiger partial charge in [0.25, 0.3) is 0 Å². The minimum Gasteiger partial charge on any atom is -0.299 e. The average Bonchev–Trinajstić information content (AvgIpc) is 1.68. The maximum atomic E-state index is 9.76. The molecule has 0 aliphatic rings. The largest absolute Gasteiger partial charge is 0.299 e. The molecule has 43 valence electrons. The van der Waals surface area contributed by atoms with Crippen molar-refractivity contribution in [1.82, 2.24) is 0 Å². The van der Waals surface area contributed by atoms with Crippen molar-refractivity contribution in [3.8, 4) is 0 Å². The van der Waals surface area contributed by atoms with Crippen LogP contribution in [0.25, 0.3) is 0 Å². The van der Waals surface area contributed by atoms with Crippen LogP contribution in [0.3, 0.4) is 0 Å². The second-order valence-corrected chi connectivity index (χ2v) is 1.45. The molecule has 0 saturated heterocycles. The van der Waals surface area contributed by atoms with Crippen LogP contribution in [-0.2, 0) is 5.11 Å². The summed E-state index contributed by atoms with van der Waals surface area (Å²) in [7, 11) is 0. The van der Waals surface area contributed by atoms with Gasteiger partial charge >= 0.3 is 0 Å². The molecule has 0 aromatic heterocycles. The molecule has 0 aliphatic heterocycles. The number of hydrogen-bond donors (Lipinski definition) is 0. The zero-order valence-corrected chi connectivity index (χ0v) is 4.92. The van der Waals surface area contributed by atoms with Crippen molar-refractivity contribution in [3.63, 3.8) is 0 Å². The summed E-state index contributed by atoms with van der Waals surface area (Å²) in [5.41, 5.74) is 0.926. The number of hydrogen-bond acceptors (Lipinski definition) is 0. The third-order valence-electron chi connectivity index (χ3n) is 0.712. The third-order valence-corrected chi connectivity index (χ3v) is 0.712. The fraction of sp³-hybridized carbons (Fsp3) is 0.143. The first-order valence-electron chi connectivity index (χ1n) is 2.39. The smallest absolute Gasteiger partial charge is 0.143 e. The van der Waals surface area contributed by atoms with Crippen LogP contribution in [-0.4, -0.2) is 0 Å². The Morgan fingerprint density at radius 2 is 2.25 bits per heavy atom. The lowest BCUT2D eigenvalue weighted by Crippen LogP contribution is -1.62. The van der Waals surface area contributed by atoms with E-state index in [2.05, 4.69) is 6.58 Å². The third kappa shape index (κ3) is 3.22. The summed E-state index contributed by atoms with van der Waals surface area (Å²) < 4.78 is 0. The molecule has 1 nitrogen and oxygen atoms in total. The van der Waals surface area contributed by atoms with Gasteiger partial charge in [0, 0.05) is 0 Å². The summed E-state index contributed by atoms with van der Waals surface area (Å²) in [6.45, 7) is 5.31. The molecule has 0 N–H and O–H groups in total. The first-order valence-corrected chi connectivity index (χ1v) is 2.39. The van der Waals surface area contributed by atoms with Crippen LogP contribution in [0.1, 0.15) is 6.92 Å². The van der Waals surface area contributed by atoms with E-state index in [9.17, 15) is 5.11 Å². The molecular formula is C7H9O. The van der Waals surface area contributed by atoms with Gasteiger partial charge in [0.1, 0.15) is 6.26 Å². The minimum absolute atomic E-state index is 0.759. The molecule has 0 atom stereocenters. The van der Waals surface area contributed by atoms with Crippen LogP contribution in [0, 0.1) is 0 Å². The number of rotatable bonds is 2. The topological polar surface area (TPSA) is 19.9 Å². The van der Waals surface area contributed by atoms with E-state index in [0.717, 1.165) is 11.8 Å². The molecule has 1 heteroatoms. The summed E-state index contributed by atoms with van der Waals surface area (Å²) in [6.07, 6.45) is 5.67. The minimum atomic E-state index is 0.759. The van der Waals surface area contributed by atoms with E-state index in [0.29, 0.717) is 0 Å². The maximum absolute atomic E-state index is 9.76. The van der Waals surface area contributed by atoms with Crippen LogP contribution >= 0.6 is 0 Å². The van der Waals surface area contributed by atoms with Gasteiger partial charge in [-0.3, -0.25) is 5.11 Å². The lowest BCUT2D eigenvalue weighted by atomic mass is 10.3. The Morgan fingerprint density at radius 3 is 2.62 bits per heavy atom. The molecule has 0 bridgehead atoms. The highest BCUT2D eigenvalue weighted by atomic mass is 16.2. The second-order valence-electron chi connectivity index (χ2n) is 1.45. The number of allylic oxidation sites excluding steroid dienone is 4. The van der Waals surface area contributed by atoms with Gasteiger partial charge < -0.3 is 0 Å². The Morgan fingerprint density at radius 1 is 1.62 bits per heavy atom. The molecule has 0 aromatic carbocycles. The molecular weight excluding hydrogens is 100 g/mol. The normalized spacial score (nSPS) is 12.4. The Kier molecular flexibility index (Phi) is 3.67. The van der Waals surface area contributed by atoms with Gasteiger partial charge in [-0.25, -0.2) is 0 Å². The molecule has 1 radical (unpaired) electrons. The lowest BCUT2D eigenvalue weighted by molar-refractivity contribution is 0.351. The van der Waals surface area contributed by atoms with E-state index in [1.807, 2.05) is 6.92 Å². The quantitative estimate of drug-likeness (QED) is 0.382. The zero-order valence-electron chi connectivity index (χ0n) is 4.92. The molecule has 0 rings (SSSR count). The summed E-state index contributed by atoms with van der Waals surface area (Å²) in [4.78, 5) is 0. The predicted octanol–water partition coefficient (Wildman–Crippen LogP) is 2.06. The van der Waals surface area contributed by atoms with E-state index < -0.39 is 0 Å². The van der Waals surface area contributed by atoms with E-state index in [1.165, 1.54) is 6.08 Å². The van der Waals surface area contributed by atoms with Gasteiger partial charge in [0.05, 0.1) is 0 Å². The maximum Gasteiger partial charge on any atom is 0.143 e. The van der Waals surface area contributed by atoms with Crippen LogP contribution in [0.15, 0.2) is 36.6 Å². The van der Waals surface area contributed by atoms with E-state index in [4.69, 9.17) is 0 Å². The van der Waals surface area contributed by atoms with Gasteiger partial charge in [-0.2, -0.15) is 0 Å². The first kappa shape index (κ1) is 7.02. The standard InChI is InChI=1S/C7H9O/c1-3-4-7(2)5-6-8/h3-6H,1H2,2H3/b6-5+,7-4+. The van der Waals surface area contributed by atoms with Crippen LogP contribution in [0.2, 0.25) is 0 Å². The van der Waals surface area contributed by atoms with Gasteiger partial charge in [0.15, 0.2) is 0 Å². The van der Waals surface area contributed by atoms with Gasteiger partial charge in [-0.15, -0.1) is 0 Å². The van der Waals surface area contributed by atoms with Crippen molar-refractivity contribution in [2.75, 3.05) is 0 Å². The first-order chi connectivity index (χ1) is 3.81. The van der Waals surface area contributed by atoms with Crippen LogP contribution < -0.4 is 0 Å². The summed E-state index contributed by atoms with van der Waals surface area (Å²) >= 11 is 0. The van der Waals surface area contributed by atoms with Crippen molar-refractivity contribution < 1.29 is 5.11 Å². The molecule has 0 spiro atoms. The highest BCUT2D eigenvalue weighted by molar-refractivity contribution is 5.18.